The molecule has 0 aromatic heterocycles. The highest BCUT2D eigenvalue weighted by atomic mass is 16.5. The molecule has 1 saturated heterocycles. The number of nitrogens with one attached hydrogen (secondary N) is 1. The van der Waals surface area contributed by atoms with E-state index in [0.717, 1.165) is 18.6 Å². The van der Waals surface area contributed by atoms with Gasteiger partial charge in [0, 0.05) is 18.6 Å². The molecule has 0 radical (unpaired) electrons. The van der Waals surface area contributed by atoms with Gasteiger partial charge in [0.15, 0.2) is 0 Å². The summed E-state index contributed by atoms with van der Waals surface area (Å²) in [7, 11) is 0. The van der Waals surface area contributed by atoms with Gasteiger partial charge >= 0.3 is 0 Å². The van der Waals surface area contributed by atoms with Gasteiger partial charge in [-0.1, -0.05) is 30.5 Å². The highest BCUT2D eigenvalue weighted by molar-refractivity contribution is 5.79. The molecule has 3 atom stereocenters. The molecule has 5 nitrogen and oxygen atoms in total. The number of aliphatic hydroxyl groups is 1. The highest BCUT2D eigenvalue weighted by Crippen LogP contribution is 2.26. The maximum absolute atomic E-state index is 11.9. The molecule has 1 aromatic carbocycles. The van der Waals surface area contributed by atoms with Crippen LogP contribution in [0.2, 0.25) is 0 Å². The lowest BCUT2D eigenvalue weighted by molar-refractivity contribution is -0.129. The van der Waals surface area contributed by atoms with Crippen LogP contribution in [0.4, 0.5) is 0 Å². The van der Waals surface area contributed by atoms with Crippen molar-refractivity contribution < 1.29 is 14.6 Å². The highest BCUT2D eigenvalue weighted by Gasteiger charge is 2.36. The largest absolute Gasteiger partial charge is 0.491 e. The van der Waals surface area contributed by atoms with Crippen LogP contribution in [0.15, 0.2) is 24.3 Å². The number of aryl methyl sites for hydroxylation is 1. The molecule has 2 N–H and O–H groups in total. The summed E-state index contributed by atoms with van der Waals surface area (Å²) >= 11 is 0. The van der Waals surface area contributed by atoms with Crippen LogP contribution in [-0.2, 0) is 4.79 Å². The molecule has 0 bridgehead atoms. The number of carbonyl (C=O) groups is 1. The van der Waals surface area contributed by atoms with Crippen molar-refractivity contribution in [3.63, 3.8) is 0 Å². The fraction of sp³-hybridized carbons (Fsp3) is 0.611. The smallest absolute Gasteiger partial charge is 0.234 e. The van der Waals surface area contributed by atoms with Gasteiger partial charge in [0.2, 0.25) is 5.91 Å². The molecule has 23 heavy (non-hydrogen) atoms. The van der Waals surface area contributed by atoms with Crippen molar-refractivity contribution in [1.82, 2.24) is 10.2 Å². The fourth-order valence-electron chi connectivity index (χ4n) is 3.62. The van der Waals surface area contributed by atoms with Gasteiger partial charge in [-0.05, 0) is 31.9 Å². The number of aliphatic hydroxyl groups excluding tert-OH is 1. The van der Waals surface area contributed by atoms with Crippen LogP contribution in [0.5, 0.6) is 5.75 Å². The molecule has 1 aromatic rings. The molecule has 1 heterocycles. The molecule has 1 aliphatic heterocycles. The summed E-state index contributed by atoms with van der Waals surface area (Å²) in [5.41, 5.74) is 1.18. The van der Waals surface area contributed by atoms with Crippen LogP contribution in [0.1, 0.15) is 31.2 Å². The second-order valence-electron chi connectivity index (χ2n) is 6.73. The quantitative estimate of drug-likeness (QED) is 0.863. The summed E-state index contributed by atoms with van der Waals surface area (Å²) in [6, 6.07) is 8.40. The number of amides is 1. The molecular weight excluding hydrogens is 292 g/mol. The van der Waals surface area contributed by atoms with Crippen molar-refractivity contribution in [3.8, 4) is 5.75 Å². The monoisotopic (exact) mass is 318 g/mol. The number of hydrogen-bond acceptors (Lipinski definition) is 4. The minimum absolute atomic E-state index is 0.0693. The lowest BCUT2D eigenvalue weighted by atomic mass is 9.87. The second kappa shape index (κ2) is 7.32. The number of carbonyl (C=O) groups excluding carboxylic acids is 1. The van der Waals surface area contributed by atoms with E-state index in [1.807, 2.05) is 31.2 Å². The number of hydrogen-bond donors (Lipinski definition) is 2. The van der Waals surface area contributed by atoms with Gasteiger partial charge in [0.1, 0.15) is 18.5 Å². The van der Waals surface area contributed by atoms with Gasteiger partial charge in [0.05, 0.1) is 6.54 Å². The van der Waals surface area contributed by atoms with Gasteiger partial charge in [-0.15, -0.1) is 0 Å². The summed E-state index contributed by atoms with van der Waals surface area (Å²) in [6.45, 7) is 3.14. The van der Waals surface area contributed by atoms with Crippen LogP contribution in [0.3, 0.4) is 0 Å². The number of β-amino-alcohol motifs (C(OH)–C–C–N with tert-alkyl or cyclic N) is 1. The van der Waals surface area contributed by atoms with E-state index >= 15 is 0 Å². The Balaban J connectivity index is 1.52. The average molecular weight is 318 g/mol. The molecule has 3 rings (SSSR count). The van der Waals surface area contributed by atoms with Crippen molar-refractivity contribution >= 4 is 5.91 Å². The lowest BCUT2D eigenvalue weighted by Crippen LogP contribution is -2.62. The predicted octanol–water partition coefficient (Wildman–Crippen LogP) is 1.48. The zero-order valence-corrected chi connectivity index (χ0v) is 13.7. The van der Waals surface area contributed by atoms with Crippen LogP contribution < -0.4 is 10.1 Å². The van der Waals surface area contributed by atoms with E-state index in [0.29, 0.717) is 19.1 Å². The van der Waals surface area contributed by atoms with Crippen molar-refractivity contribution in [3.05, 3.63) is 29.8 Å². The van der Waals surface area contributed by atoms with Crippen LogP contribution >= 0.6 is 0 Å². The van der Waals surface area contributed by atoms with Gasteiger partial charge in [-0.3, -0.25) is 9.69 Å². The topological polar surface area (TPSA) is 61.8 Å². The minimum Gasteiger partial charge on any atom is -0.491 e. The number of rotatable bonds is 5. The molecule has 2 fully saturated rings. The minimum atomic E-state index is -0.593. The lowest BCUT2D eigenvalue weighted by Gasteiger charge is -2.44. The maximum atomic E-state index is 11.9. The van der Waals surface area contributed by atoms with Gasteiger partial charge in [-0.2, -0.15) is 0 Å². The molecule has 1 saturated carbocycles. The van der Waals surface area contributed by atoms with E-state index in [2.05, 4.69) is 10.2 Å². The summed E-state index contributed by atoms with van der Waals surface area (Å²) in [6.07, 6.45) is 3.92. The Hall–Kier alpha value is -1.59. The molecule has 3 unspecified atom stereocenters. The first-order chi connectivity index (χ1) is 11.1. The van der Waals surface area contributed by atoms with Crippen LogP contribution in [0, 0.1) is 6.92 Å². The number of piperazine rings is 1. The standard InChI is InChI=1S/C18H26N2O3/c1-13-6-8-15(9-7-13)23-12-14(21)10-20-11-18(22)19-16-4-2-3-5-17(16)20/h6-9,14,16-17,21H,2-5,10-12H2,1H3,(H,19,22). The Labute approximate surface area is 137 Å². The van der Waals surface area contributed by atoms with Crippen molar-refractivity contribution in [2.45, 2.75) is 50.8 Å². The number of nitrogens with zero attached hydrogens (tertiary/aromatic N) is 1. The molecular formula is C18H26N2O3. The SMILES string of the molecule is Cc1ccc(OCC(O)CN2CC(=O)NC3CCCCC32)cc1. The third-order valence-corrected chi connectivity index (χ3v) is 4.80. The van der Waals surface area contributed by atoms with E-state index in [-0.39, 0.29) is 18.6 Å². The third-order valence-electron chi connectivity index (χ3n) is 4.80. The van der Waals surface area contributed by atoms with Crippen molar-refractivity contribution in [2.24, 2.45) is 0 Å². The van der Waals surface area contributed by atoms with E-state index in [1.54, 1.807) is 0 Å². The Kier molecular flexibility index (Phi) is 5.18. The Morgan fingerprint density at radius 3 is 2.83 bits per heavy atom. The molecule has 2 aliphatic rings. The van der Waals surface area contributed by atoms with Gasteiger partial charge in [-0.25, -0.2) is 0 Å². The average Bonchev–Trinajstić information content (AvgIpc) is 2.54. The van der Waals surface area contributed by atoms with E-state index in [9.17, 15) is 9.90 Å². The summed E-state index contributed by atoms with van der Waals surface area (Å²) in [5, 5.41) is 13.4. The summed E-state index contributed by atoms with van der Waals surface area (Å²) in [4.78, 5) is 14.0. The zero-order chi connectivity index (χ0) is 16.2. The first-order valence-electron chi connectivity index (χ1n) is 8.53. The third kappa shape index (κ3) is 4.24. The molecule has 1 amide bonds. The van der Waals surface area contributed by atoms with Gasteiger partial charge < -0.3 is 15.2 Å². The van der Waals surface area contributed by atoms with E-state index < -0.39 is 6.10 Å². The van der Waals surface area contributed by atoms with E-state index in [4.69, 9.17) is 4.74 Å². The van der Waals surface area contributed by atoms with E-state index in [1.165, 1.54) is 18.4 Å². The fourth-order valence-corrected chi connectivity index (χ4v) is 3.62. The summed E-state index contributed by atoms with van der Waals surface area (Å²) < 4.78 is 5.65. The number of ether oxygens (including phenoxy) is 1. The van der Waals surface area contributed by atoms with Crippen LogP contribution in [0.25, 0.3) is 0 Å². The summed E-state index contributed by atoms with van der Waals surface area (Å²) in [5.74, 6) is 0.835. The zero-order valence-electron chi connectivity index (χ0n) is 13.7. The normalized spacial score (nSPS) is 26.3. The van der Waals surface area contributed by atoms with Crippen LogP contribution in [-0.4, -0.2) is 53.8 Å². The Bertz CT molecular complexity index is 532. The Morgan fingerprint density at radius 2 is 2.04 bits per heavy atom. The van der Waals surface area contributed by atoms with Gasteiger partial charge in [0.25, 0.3) is 0 Å². The predicted molar refractivity (Wildman–Crippen MR) is 88.4 cm³/mol. The number of fused-ring (bicyclic) bond motifs is 1. The molecule has 0 spiro atoms. The van der Waals surface area contributed by atoms with Crippen molar-refractivity contribution in [2.75, 3.05) is 19.7 Å². The second-order valence-corrected chi connectivity index (χ2v) is 6.73. The van der Waals surface area contributed by atoms with Crippen molar-refractivity contribution in [1.29, 1.82) is 0 Å². The first kappa shape index (κ1) is 16.3. The molecule has 5 heteroatoms. The maximum Gasteiger partial charge on any atom is 0.234 e. The molecule has 1 aliphatic carbocycles. The first-order valence-corrected chi connectivity index (χ1v) is 8.53. The number of benzene rings is 1. The Morgan fingerprint density at radius 1 is 1.30 bits per heavy atom. The molecule has 126 valence electrons.